The molecular formula is C16H15F2NO2. The third kappa shape index (κ3) is 2.91. The van der Waals surface area contributed by atoms with Crippen LogP contribution in [0.2, 0.25) is 0 Å². The van der Waals surface area contributed by atoms with E-state index < -0.39 is 11.6 Å². The van der Waals surface area contributed by atoms with Crippen molar-refractivity contribution in [2.24, 2.45) is 0 Å². The van der Waals surface area contributed by atoms with E-state index in [2.05, 4.69) is 5.32 Å². The van der Waals surface area contributed by atoms with Gasteiger partial charge in [-0.25, -0.2) is 8.78 Å². The average Bonchev–Trinajstić information content (AvgIpc) is 2.49. The van der Waals surface area contributed by atoms with E-state index in [0.717, 1.165) is 5.56 Å². The number of nitrogens with one attached hydrogen (secondary N) is 1. The van der Waals surface area contributed by atoms with Gasteiger partial charge in [-0.05, 0) is 36.2 Å². The van der Waals surface area contributed by atoms with Crippen molar-refractivity contribution in [3.05, 3.63) is 53.1 Å². The molecule has 0 bridgehead atoms. The number of halogens is 2. The predicted molar refractivity (Wildman–Crippen MR) is 75.9 cm³/mol. The third-order valence-electron chi connectivity index (χ3n) is 3.34. The van der Waals surface area contributed by atoms with Crippen molar-refractivity contribution in [1.82, 2.24) is 0 Å². The maximum atomic E-state index is 13.7. The van der Waals surface area contributed by atoms with Gasteiger partial charge in [0.25, 0.3) is 0 Å². The molecular weight excluding hydrogens is 276 g/mol. The molecule has 110 valence electrons. The van der Waals surface area contributed by atoms with Gasteiger partial charge in [-0.3, -0.25) is 0 Å². The lowest BCUT2D eigenvalue weighted by molar-refractivity contribution is 0.171. The Hall–Kier alpha value is -2.30. The van der Waals surface area contributed by atoms with Crippen LogP contribution in [-0.4, -0.2) is 13.2 Å². The third-order valence-corrected chi connectivity index (χ3v) is 3.34. The molecule has 0 amide bonds. The lowest BCUT2D eigenvalue weighted by Crippen LogP contribution is -2.15. The summed E-state index contributed by atoms with van der Waals surface area (Å²) in [6, 6.07) is 7.87. The lowest BCUT2D eigenvalue weighted by Gasteiger charge is -2.19. The first-order valence-corrected chi connectivity index (χ1v) is 6.71. The van der Waals surface area contributed by atoms with Crippen LogP contribution in [0.25, 0.3) is 0 Å². The minimum absolute atomic E-state index is 0.146. The number of anilines is 1. The highest BCUT2D eigenvalue weighted by Crippen LogP contribution is 2.31. The molecule has 3 nitrogen and oxygen atoms in total. The van der Waals surface area contributed by atoms with Crippen LogP contribution in [0.4, 0.5) is 14.5 Å². The second-order valence-electron chi connectivity index (χ2n) is 4.91. The van der Waals surface area contributed by atoms with Gasteiger partial charge in [-0.2, -0.15) is 0 Å². The fourth-order valence-electron chi connectivity index (χ4n) is 2.18. The first kappa shape index (κ1) is 13.7. The molecule has 0 fully saturated rings. The molecule has 0 saturated heterocycles. The van der Waals surface area contributed by atoms with Crippen molar-refractivity contribution in [2.45, 2.75) is 13.5 Å². The fraction of sp³-hybridized carbons (Fsp3) is 0.250. The fourth-order valence-corrected chi connectivity index (χ4v) is 2.18. The van der Waals surface area contributed by atoms with E-state index in [-0.39, 0.29) is 11.3 Å². The summed E-state index contributed by atoms with van der Waals surface area (Å²) < 4.78 is 38.1. The highest BCUT2D eigenvalue weighted by Gasteiger charge is 2.12. The van der Waals surface area contributed by atoms with Crippen LogP contribution in [0.1, 0.15) is 11.1 Å². The van der Waals surface area contributed by atoms with E-state index in [9.17, 15) is 8.78 Å². The van der Waals surface area contributed by atoms with Gasteiger partial charge >= 0.3 is 0 Å². The quantitative estimate of drug-likeness (QED) is 0.936. The number of fused-ring (bicyclic) bond motifs is 1. The molecule has 2 aromatic rings. The summed E-state index contributed by atoms with van der Waals surface area (Å²) in [7, 11) is 0. The second-order valence-corrected chi connectivity index (χ2v) is 4.91. The molecule has 0 spiro atoms. The molecule has 0 atom stereocenters. The van der Waals surface area contributed by atoms with Crippen molar-refractivity contribution in [2.75, 3.05) is 18.5 Å². The Morgan fingerprint density at radius 2 is 1.76 bits per heavy atom. The molecule has 2 aromatic carbocycles. The van der Waals surface area contributed by atoms with Crippen molar-refractivity contribution < 1.29 is 18.3 Å². The predicted octanol–water partition coefficient (Wildman–Crippen LogP) is 3.66. The molecule has 0 radical (unpaired) electrons. The standard InChI is InChI=1S/C16H15F2NO2/c1-10-6-13(18)14(8-12(10)17)19-9-11-2-3-15-16(7-11)21-5-4-20-15/h2-3,6-8,19H,4-5,9H2,1H3. The van der Waals surface area contributed by atoms with Gasteiger partial charge < -0.3 is 14.8 Å². The summed E-state index contributed by atoms with van der Waals surface area (Å²) in [6.45, 7) is 2.96. The Kier molecular flexibility index (Phi) is 3.64. The van der Waals surface area contributed by atoms with Crippen LogP contribution < -0.4 is 14.8 Å². The van der Waals surface area contributed by atoms with Crippen molar-refractivity contribution in [3.63, 3.8) is 0 Å². The van der Waals surface area contributed by atoms with Crippen LogP contribution in [0.3, 0.4) is 0 Å². The Labute approximate surface area is 121 Å². The van der Waals surface area contributed by atoms with Crippen molar-refractivity contribution in [3.8, 4) is 11.5 Å². The van der Waals surface area contributed by atoms with Crippen LogP contribution in [0.15, 0.2) is 30.3 Å². The summed E-state index contributed by atoms with van der Waals surface area (Å²) in [5.74, 6) is 0.487. The van der Waals surface area contributed by atoms with Crippen LogP contribution >= 0.6 is 0 Å². The molecule has 0 aliphatic carbocycles. The minimum atomic E-state index is -0.466. The van der Waals surface area contributed by atoms with E-state index in [1.807, 2.05) is 18.2 Å². The number of aryl methyl sites for hydroxylation is 1. The Balaban J connectivity index is 1.74. The Morgan fingerprint density at radius 1 is 1.00 bits per heavy atom. The first-order chi connectivity index (χ1) is 10.1. The molecule has 1 aliphatic heterocycles. The van der Waals surface area contributed by atoms with Gasteiger partial charge in [-0.15, -0.1) is 0 Å². The largest absolute Gasteiger partial charge is 0.486 e. The summed E-state index contributed by atoms with van der Waals surface area (Å²) >= 11 is 0. The van der Waals surface area contributed by atoms with Gasteiger partial charge in [0, 0.05) is 12.6 Å². The maximum absolute atomic E-state index is 13.7. The number of benzene rings is 2. The summed E-state index contributed by atoms with van der Waals surface area (Å²) in [6.07, 6.45) is 0. The summed E-state index contributed by atoms with van der Waals surface area (Å²) in [5.41, 5.74) is 1.34. The number of hydrogen-bond acceptors (Lipinski definition) is 3. The van der Waals surface area contributed by atoms with E-state index in [1.165, 1.54) is 19.1 Å². The Morgan fingerprint density at radius 3 is 2.57 bits per heavy atom. The molecule has 1 N–H and O–H groups in total. The van der Waals surface area contributed by atoms with E-state index >= 15 is 0 Å². The number of rotatable bonds is 3. The van der Waals surface area contributed by atoms with Crippen molar-refractivity contribution >= 4 is 5.69 Å². The normalized spacial score (nSPS) is 13.1. The minimum Gasteiger partial charge on any atom is -0.486 e. The second kappa shape index (κ2) is 5.60. The highest BCUT2D eigenvalue weighted by atomic mass is 19.1. The zero-order chi connectivity index (χ0) is 14.8. The monoisotopic (exact) mass is 291 g/mol. The molecule has 21 heavy (non-hydrogen) atoms. The van der Waals surface area contributed by atoms with Crippen LogP contribution in [0, 0.1) is 18.6 Å². The lowest BCUT2D eigenvalue weighted by atomic mass is 10.1. The van der Waals surface area contributed by atoms with Gasteiger partial charge in [0.15, 0.2) is 11.5 Å². The van der Waals surface area contributed by atoms with Gasteiger partial charge in [0.05, 0.1) is 5.69 Å². The molecule has 0 unspecified atom stereocenters. The molecule has 1 heterocycles. The van der Waals surface area contributed by atoms with Crippen LogP contribution in [0.5, 0.6) is 11.5 Å². The van der Waals surface area contributed by atoms with Crippen molar-refractivity contribution in [1.29, 1.82) is 0 Å². The summed E-state index contributed by atoms with van der Waals surface area (Å²) in [5, 5.41) is 2.89. The van der Waals surface area contributed by atoms with Gasteiger partial charge in [-0.1, -0.05) is 6.07 Å². The van der Waals surface area contributed by atoms with E-state index in [1.54, 1.807) is 0 Å². The highest BCUT2D eigenvalue weighted by molar-refractivity contribution is 5.49. The topological polar surface area (TPSA) is 30.5 Å². The first-order valence-electron chi connectivity index (χ1n) is 6.71. The molecule has 3 rings (SSSR count). The smallest absolute Gasteiger partial charge is 0.161 e. The molecule has 5 heteroatoms. The zero-order valence-electron chi connectivity index (χ0n) is 11.6. The molecule has 0 aromatic heterocycles. The molecule has 1 aliphatic rings. The van der Waals surface area contributed by atoms with Crippen LogP contribution in [-0.2, 0) is 6.54 Å². The summed E-state index contributed by atoms with van der Waals surface area (Å²) in [4.78, 5) is 0. The zero-order valence-corrected chi connectivity index (χ0v) is 11.6. The molecule has 0 saturated carbocycles. The van der Waals surface area contributed by atoms with Gasteiger partial charge in [0.1, 0.15) is 24.8 Å². The number of ether oxygens (including phenoxy) is 2. The van der Waals surface area contributed by atoms with E-state index in [4.69, 9.17) is 9.47 Å². The SMILES string of the molecule is Cc1cc(F)c(NCc2ccc3c(c2)OCCO3)cc1F. The Bertz CT molecular complexity index is 674. The maximum Gasteiger partial charge on any atom is 0.161 e. The number of hydrogen-bond donors (Lipinski definition) is 1. The van der Waals surface area contributed by atoms with E-state index in [0.29, 0.717) is 31.3 Å². The van der Waals surface area contributed by atoms with Gasteiger partial charge in [0.2, 0.25) is 0 Å². The average molecular weight is 291 g/mol.